The molecule has 8 nitrogen and oxygen atoms in total. The molecular weight excluding hydrogens is 950 g/mol. The van der Waals surface area contributed by atoms with E-state index in [1.807, 2.05) is 21.1 Å². The Balaban J connectivity index is 3.83. The molecule has 2 atom stereocenters. The molecule has 0 amide bonds. The second-order valence-corrected chi connectivity index (χ2v) is 26.0. The van der Waals surface area contributed by atoms with Gasteiger partial charge in [-0.15, -0.1) is 0 Å². The van der Waals surface area contributed by atoms with Gasteiger partial charge in [0.15, 0.2) is 0 Å². The van der Waals surface area contributed by atoms with E-state index < -0.39 is 13.9 Å². The number of phosphoric ester groups is 1. The number of carbonyl (C=O) groups is 1. The highest BCUT2D eigenvalue weighted by molar-refractivity contribution is 7.45. The Morgan fingerprint density at radius 3 is 0.880 bits per heavy atom. The van der Waals surface area contributed by atoms with Crippen LogP contribution in [-0.2, 0) is 27.9 Å². The van der Waals surface area contributed by atoms with Crippen LogP contribution >= 0.6 is 7.82 Å². The molecule has 0 bridgehead atoms. The lowest BCUT2D eigenvalue weighted by Crippen LogP contribution is -2.37. The Hall–Kier alpha value is -0.500. The number of quaternary nitrogens is 1. The predicted molar refractivity (Wildman–Crippen MR) is 324 cm³/mol. The molecule has 0 aromatic heterocycles. The minimum Gasteiger partial charge on any atom is -0.756 e. The summed E-state index contributed by atoms with van der Waals surface area (Å²) in [5.41, 5.74) is 0. The van der Waals surface area contributed by atoms with Crippen molar-refractivity contribution in [1.29, 1.82) is 0 Å². The molecule has 0 rings (SSSR count). The monoisotopic (exact) mass is 1080 g/mol. The SMILES string of the molecule is CCCCCCCCCCCCCCCCCCCCCCCCCCCCCCCCCCCCCC(=O)O[C@H](COCCCCCCCCCCCCCCCCCCCC)COP(=O)([O-])OCC[N+](C)(C)C. The third kappa shape index (κ3) is 64.2. The van der Waals surface area contributed by atoms with Gasteiger partial charge in [-0.25, -0.2) is 0 Å². The highest BCUT2D eigenvalue weighted by atomic mass is 31.2. The first-order chi connectivity index (χ1) is 36.6. The van der Waals surface area contributed by atoms with Gasteiger partial charge in [-0.1, -0.05) is 341 Å². The maximum atomic E-state index is 12.8. The summed E-state index contributed by atoms with van der Waals surface area (Å²) in [7, 11) is 1.39. The molecule has 0 fully saturated rings. The van der Waals surface area contributed by atoms with Crippen molar-refractivity contribution in [2.45, 2.75) is 367 Å². The number of hydrogen-bond donors (Lipinski definition) is 0. The molecule has 75 heavy (non-hydrogen) atoms. The molecular formula is C66H134NO7P. The third-order valence-electron chi connectivity index (χ3n) is 15.7. The molecule has 9 heteroatoms. The Morgan fingerprint density at radius 2 is 0.613 bits per heavy atom. The lowest BCUT2D eigenvalue weighted by Gasteiger charge is -2.28. The van der Waals surface area contributed by atoms with Gasteiger partial charge in [0.25, 0.3) is 7.82 Å². The van der Waals surface area contributed by atoms with Crippen molar-refractivity contribution in [1.82, 2.24) is 0 Å². The zero-order valence-electron chi connectivity index (χ0n) is 51.5. The molecule has 0 radical (unpaired) electrons. The van der Waals surface area contributed by atoms with Crippen molar-refractivity contribution in [3.8, 4) is 0 Å². The van der Waals surface area contributed by atoms with Gasteiger partial charge in [-0.2, -0.15) is 0 Å². The van der Waals surface area contributed by atoms with Crippen molar-refractivity contribution in [2.75, 3.05) is 54.1 Å². The largest absolute Gasteiger partial charge is 0.756 e. The van der Waals surface area contributed by atoms with Crippen LogP contribution in [0.15, 0.2) is 0 Å². The molecule has 1 unspecified atom stereocenters. The maximum absolute atomic E-state index is 12.8. The van der Waals surface area contributed by atoms with Gasteiger partial charge < -0.3 is 27.9 Å². The van der Waals surface area contributed by atoms with Gasteiger partial charge in [-0.3, -0.25) is 9.36 Å². The molecule has 0 aromatic rings. The zero-order valence-corrected chi connectivity index (χ0v) is 52.4. The second kappa shape index (κ2) is 59.6. The van der Waals surface area contributed by atoms with Crippen LogP contribution in [0.2, 0.25) is 0 Å². The molecule has 0 aliphatic heterocycles. The Kier molecular flexibility index (Phi) is 59.2. The van der Waals surface area contributed by atoms with Crippen LogP contribution in [0.5, 0.6) is 0 Å². The van der Waals surface area contributed by atoms with Gasteiger partial charge >= 0.3 is 5.97 Å². The first kappa shape index (κ1) is 74.5. The summed E-state index contributed by atoms with van der Waals surface area (Å²) in [6, 6.07) is 0. The van der Waals surface area contributed by atoms with E-state index in [-0.39, 0.29) is 25.8 Å². The number of likely N-dealkylation sites (N-methyl/N-ethyl adjacent to an activating group) is 1. The molecule has 0 aromatic carbocycles. The van der Waals surface area contributed by atoms with Crippen LogP contribution in [0.25, 0.3) is 0 Å². The van der Waals surface area contributed by atoms with Crippen molar-refractivity contribution < 1.29 is 37.3 Å². The molecule has 0 spiro atoms. The summed E-state index contributed by atoms with van der Waals surface area (Å²) in [5, 5.41) is 0. The van der Waals surface area contributed by atoms with Gasteiger partial charge in [0, 0.05) is 13.0 Å². The zero-order chi connectivity index (χ0) is 54.7. The fourth-order valence-electron chi connectivity index (χ4n) is 10.5. The number of rotatable bonds is 65. The molecule has 0 aliphatic rings. The molecule has 0 saturated carbocycles. The van der Waals surface area contributed by atoms with Crippen LogP contribution in [0.3, 0.4) is 0 Å². The lowest BCUT2D eigenvalue weighted by atomic mass is 10.0. The van der Waals surface area contributed by atoms with Crippen LogP contribution in [0, 0.1) is 0 Å². The Bertz CT molecular complexity index is 1170. The van der Waals surface area contributed by atoms with Crippen LogP contribution in [0.4, 0.5) is 0 Å². The number of carbonyl (C=O) groups excluding carboxylic acids is 1. The van der Waals surface area contributed by atoms with Gasteiger partial charge in [0.1, 0.15) is 19.3 Å². The third-order valence-corrected chi connectivity index (χ3v) is 16.6. The van der Waals surface area contributed by atoms with E-state index in [1.165, 1.54) is 308 Å². The Morgan fingerprint density at radius 1 is 0.360 bits per heavy atom. The number of unbranched alkanes of at least 4 members (excludes halogenated alkanes) is 51. The van der Waals surface area contributed by atoms with Crippen molar-refractivity contribution in [2.24, 2.45) is 0 Å². The van der Waals surface area contributed by atoms with Crippen molar-refractivity contribution >= 4 is 13.8 Å². The van der Waals surface area contributed by atoms with Crippen LogP contribution in [-0.4, -0.2) is 70.7 Å². The normalized spacial score (nSPS) is 13.2. The van der Waals surface area contributed by atoms with Crippen LogP contribution in [0.1, 0.15) is 361 Å². The van der Waals surface area contributed by atoms with Crippen molar-refractivity contribution in [3.63, 3.8) is 0 Å². The quantitative estimate of drug-likeness (QED) is 0.0259. The number of nitrogens with zero attached hydrogens (tertiary/aromatic N) is 1. The number of esters is 1. The van der Waals surface area contributed by atoms with E-state index in [9.17, 15) is 14.3 Å². The molecule has 0 aliphatic carbocycles. The Labute approximate surface area is 469 Å². The predicted octanol–water partition coefficient (Wildman–Crippen LogP) is 21.2. The summed E-state index contributed by atoms with van der Waals surface area (Å²) < 4.78 is 34.9. The summed E-state index contributed by atoms with van der Waals surface area (Å²) in [5.74, 6) is -0.321. The highest BCUT2D eigenvalue weighted by Gasteiger charge is 2.20. The van der Waals surface area contributed by atoms with E-state index in [0.717, 1.165) is 32.1 Å². The average molecular weight is 1080 g/mol. The topological polar surface area (TPSA) is 94.1 Å². The van der Waals surface area contributed by atoms with E-state index >= 15 is 0 Å². The van der Waals surface area contributed by atoms with Gasteiger partial charge in [-0.05, 0) is 12.8 Å². The smallest absolute Gasteiger partial charge is 0.306 e. The standard InChI is InChI=1S/C66H134NO7P/c1-6-8-10-12-14-16-18-20-22-24-26-27-28-29-30-31-32-33-34-35-36-37-38-39-40-41-42-43-45-47-49-51-53-55-57-59-66(68)74-65(64-73-75(69,70)72-62-60-67(3,4)5)63-71-61-58-56-54-52-50-48-46-44-25-23-21-19-17-15-13-11-9-7-2/h65H,6-64H2,1-5H3/t65-/m1/s1. The van der Waals surface area contributed by atoms with Crippen molar-refractivity contribution in [3.05, 3.63) is 0 Å². The van der Waals surface area contributed by atoms with Crippen LogP contribution < -0.4 is 4.89 Å². The average Bonchev–Trinajstić information content (AvgIpc) is 3.38. The summed E-state index contributed by atoms with van der Waals surface area (Å²) in [4.78, 5) is 25.3. The fourth-order valence-corrected chi connectivity index (χ4v) is 11.2. The van der Waals surface area contributed by atoms with Gasteiger partial charge in [0.2, 0.25) is 0 Å². The van der Waals surface area contributed by atoms with E-state index in [1.54, 1.807) is 0 Å². The fraction of sp³-hybridized carbons (Fsp3) is 0.985. The van der Waals surface area contributed by atoms with E-state index in [4.69, 9.17) is 18.5 Å². The number of ether oxygens (including phenoxy) is 2. The molecule has 0 saturated heterocycles. The highest BCUT2D eigenvalue weighted by Crippen LogP contribution is 2.38. The minimum absolute atomic E-state index is 0.0321. The minimum atomic E-state index is -4.53. The summed E-state index contributed by atoms with van der Waals surface area (Å²) >= 11 is 0. The molecule has 0 N–H and O–H groups in total. The van der Waals surface area contributed by atoms with E-state index in [2.05, 4.69) is 13.8 Å². The maximum Gasteiger partial charge on any atom is 0.306 e. The van der Waals surface area contributed by atoms with Gasteiger partial charge in [0.05, 0.1) is 34.4 Å². The summed E-state index contributed by atoms with van der Waals surface area (Å²) in [6.45, 7) is 5.52. The number of hydrogen-bond acceptors (Lipinski definition) is 7. The first-order valence-electron chi connectivity index (χ1n) is 33.8. The summed E-state index contributed by atoms with van der Waals surface area (Å²) in [6.07, 6.45) is 71.9. The first-order valence-corrected chi connectivity index (χ1v) is 35.2. The molecule has 0 heterocycles. The second-order valence-electron chi connectivity index (χ2n) is 24.6. The number of phosphoric acid groups is 1. The lowest BCUT2D eigenvalue weighted by molar-refractivity contribution is -0.870. The van der Waals surface area contributed by atoms with E-state index in [0.29, 0.717) is 24.1 Å². The molecule has 450 valence electrons.